The Labute approximate surface area is 172 Å². The lowest BCUT2D eigenvalue weighted by Gasteiger charge is -2.28. The molecule has 2 aliphatic heterocycles. The van der Waals surface area contributed by atoms with E-state index in [2.05, 4.69) is 15.2 Å². The second-order valence-electron chi connectivity index (χ2n) is 7.40. The molecule has 0 unspecified atom stereocenters. The van der Waals surface area contributed by atoms with Gasteiger partial charge < -0.3 is 19.7 Å². The Morgan fingerprint density at radius 3 is 2.72 bits per heavy atom. The number of hydrogen-bond donors (Lipinski definition) is 1. The van der Waals surface area contributed by atoms with Crippen molar-refractivity contribution in [2.45, 2.75) is 33.1 Å². The van der Waals surface area contributed by atoms with Gasteiger partial charge in [-0.05, 0) is 50.8 Å². The first-order chi connectivity index (χ1) is 14.1. The van der Waals surface area contributed by atoms with E-state index < -0.39 is 0 Å². The second-order valence-corrected chi connectivity index (χ2v) is 8.40. The van der Waals surface area contributed by atoms with Gasteiger partial charge >= 0.3 is 0 Å². The van der Waals surface area contributed by atoms with E-state index in [1.54, 1.807) is 12.1 Å². The van der Waals surface area contributed by atoms with E-state index in [0.717, 1.165) is 40.5 Å². The third-order valence-electron chi connectivity index (χ3n) is 5.38. The SMILES string of the molecule is Cc1nc(N2CCCCC2)c2c(C)c(C(=O)Nc3ccc4c(c3)OCO4)sc2n1. The first-order valence-electron chi connectivity index (χ1n) is 9.84. The van der Waals surface area contributed by atoms with Crippen LogP contribution in [0.1, 0.15) is 40.3 Å². The molecule has 29 heavy (non-hydrogen) atoms. The Morgan fingerprint density at radius 2 is 1.90 bits per heavy atom. The number of carbonyl (C=O) groups excluding carboxylic acids is 1. The van der Waals surface area contributed by atoms with E-state index >= 15 is 0 Å². The number of aromatic nitrogens is 2. The van der Waals surface area contributed by atoms with Crippen molar-refractivity contribution in [2.24, 2.45) is 0 Å². The quantitative estimate of drug-likeness (QED) is 0.695. The van der Waals surface area contributed by atoms with Crippen LogP contribution in [0.2, 0.25) is 0 Å². The summed E-state index contributed by atoms with van der Waals surface area (Å²) in [7, 11) is 0. The van der Waals surface area contributed by atoms with Crippen LogP contribution in [-0.2, 0) is 0 Å². The van der Waals surface area contributed by atoms with Gasteiger partial charge in [-0.15, -0.1) is 11.3 Å². The predicted molar refractivity (Wildman–Crippen MR) is 113 cm³/mol. The fourth-order valence-electron chi connectivity index (χ4n) is 3.93. The van der Waals surface area contributed by atoms with Gasteiger partial charge in [-0.1, -0.05) is 0 Å². The van der Waals surface area contributed by atoms with E-state index in [9.17, 15) is 4.79 Å². The molecule has 1 aromatic carbocycles. The average molecular weight is 410 g/mol. The molecule has 0 aliphatic carbocycles. The standard InChI is InChI=1S/C21H22N4O3S/c1-12-17-19(25-8-4-3-5-9-25)22-13(2)23-21(17)29-18(12)20(26)24-14-6-7-15-16(10-14)28-11-27-15/h6-7,10H,3-5,8-9,11H2,1-2H3,(H,24,26). The number of aryl methyl sites for hydroxylation is 2. The van der Waals surface area contributed by atoms with Gasteiger partial charge in [0.25, 0.3) is 5.91 Å². The van der Waals surface area contributed by atoms with Crippen molar-refractivity contribution in [3.63, 3.8) is 0 Å². The van der Waals surface area contributed by atoms with Gasteiger partial charge in [-0.3, -0.25) is 4.79 Å². The molecule has 1 saturated heterocycles. The number of fused-ring (bicyclic) bond motifs is 2. The van der Waals surface area contributed by atoms with Crippen molar-refractivity contribution in [2.75, 3.05) is 30.1 Å². The van der Waals surface area contributed by atoms with Crippen molar-refractivity contribution < 1.29 is 14.3 Å². The van der Waals surface area contributed by atoms with Gasteiger partial charge in [0.15, 0.2) is 11.5 Å². The van der Waals surface area contributed by atoms with Crippen LogP contribution in [-0.4, -0.2) is 35.8 Å². The molecule has 1 amide bonds. The van der Waals surface area contributed by atoms with Gasteiger partial charge in [0.05, 0.1) is 10.3 Å². The lowest BCUT2D eigenvalue weighted by atomic mass is 10.1. The fraction of sp³-hybridized carbons (Fsp3) is 0.381. The minimum absolute atomic E-state index is 0.147. The largest absolute Gasteiger partial charge is 0.454 e. The molecule has 0 spiro atoms. The zero-order chi connectivity index (χ0) is 20.0. The molecule has 0 saturated carbocycles. The highest BCUT2D eigenvalue weighted by atomic mass is 32.1. The smallest absolute Gasteiger partial charge is 0.266 e. The number of nitrogens with one attached hydrogen (secondary N) is 1. The van der Waals surface area contributed by atoms with Crippen LogP contribution in [0.15, 0.2) is 18.2 Å². The van der Waals surface area contributed by atoms with Crippen molar-refractivity contribution in [3.05, 3.63) is 34.5 Å². The van der Waals surface area contributed by atoms with Crippen molar-refractivity contribution in [1.29, 1.82) is 0 Å². The minimum atomic E-state index is -0.147. The average Bonchev–Trinajstić information content (AvgIpc) is 3.32. The number of piperidine rings is 1. The monoisotopic (exact) mass is 410 g/mol. The number of thiophene rings is 1. The summed E-state index contributed by atoms with van der Waals surface area (Å²) in [5, 5.41) is 3.98. The van der Waals surface area contributed by atoms with Crippen molar-refractivity contribution in [3.8, 4) is 11.5 Å². The highest BCUT2D eigenvalue weighted by Gasteiger charge is 2.24. The van der Waals surface area contributed by atoms with Gasteiger partial charge in [0, 0.05) is 24.8 Å². The summed E-state index contributed by atoms with van der Waals surface area (Å²) in [6.07, 6.45) is 3.60. The molecule has 8 heteroatoms. The molecule has 0 atom stereocenters. The summed E-state index contributed by atoms with van der Waals surface area (Å²) in [6, 6.07) is 5.40. The maximum absolute atomic E-state index is 13.0. The zero-order valence-electron chi connectivity index (χ0n) is 16.4. The molecular weight excluding hydrogens is 388 g/mol. The maximum Gasteiger partial charge on any atom is 0.266 e. The molecule has 2 aliphatic rings. The molecule has 2 aromatic heterocycles. The maximum atomic E-state index is 13.0. The molecule has 1 fully saturated rings. The summed E-state index contributed by atoms with van der Waals surface area (Å²) in [6.45, 7) is 6.10. The van der Waals surface area contributed by atoms with Gasteiger partial charge in [0.1, 0.15) is 16.5 Å². The molecule has 4 heterocycles. The third kappa shape index (κ3) is 3.27. The van der Waals surface area contributed by atoms with E-state index in [1.165, 1.54) is 30.6 Å². The summed E-state index contributed by atoms with van der Waals surface area (Å²) >= 11 is 1.42. The van der Waals surface area contributed by atoms with E-state index in [4.69, 9.17) is 14.5 Å². The van der Waals surface area contributed by atoms with E-state index in [0.29, 0.717) is 22.1 Å². The lowest BCUT2D eigenvalue weighted by Crippen LogP contribution is -2.30. The highest BCUT2D eigenvalue weighted by molar-refractivity contribution is 7.20. The summed E-state index contributed by atoms with van der Waals surface area (Å²) in [5.74, 6) is 2.89. The summed E-state index contributed by atoms with van der Waals surface area (Å²) in [4.78, 5) is 26.3. The molecule has 1 N–H and O–H groups in total. The predicted octanol–water partition coefficient (Wildman–Crippen LogP) is 4.28. The van der Waals surface area contributed by atoms with Gasteiger partial charge in [-0.25, -0.2) is 9.97 Å². The number of nitrogens with zero attached hydrogens (tertiary/aromatic N) is 3. The molecule has 3 aromatic rings. The first-order valence-corrected chi connectivity index (χ1v) is 10.7. The second kappa shape index (κ2) is 7.18. The van der Waals surface area contributed by atoms with Crippen LogP contribution in [0.4, 0.5) is 11.5 Å². The van der Waals surface area contributed by atoms with Gasteiger partial charge in [-0.2, -0.15) is 0 Å². The number of ether oxygens (including phenoxy) is 2. The fourth-order valence-corrected chi connectivity index (χ4v) is 5.05. The lowest BCUT2D eigenvalue weighted by molar-refractivity contribution is 0.103. The Bertz CT molecular complexity index is 1100. The van der Waals surface area contributed by atoms with Crippen LogP contribution in [0.3, 0.4) is 0 Å². The van der Waals surface area contributed by atoms with E-state index in [-0.39, 0.29) is 12.7 Å². The van der Waals surface area contributed by atoms with Crippen LogP contribution < -0.4 is 19.7 Å². The Morgan fingerprint density at radius 1 is 1.10 bits per heavy atom. The van der Waals surface area contributed by atoms with Crippen molar-refractivity contribution in [1.82, 2.24) is 9.97 Å². The minimum Gasteiger partial charge on any atom is -0.454 e. The molecule has 5 rings (SSSR count). The summed E-state index contributed by atoms with van der Waals surface area (Å²) < 4.78 is 10.7. The molecule has 0 bridgehead atoms. The molecule has 150 valence electrons. The Balaban J connectivity index is 1.50. The highest BCUT2D eigenvalue weighted by Crippen LogP contribution is 2.38. The number of hydrogen-bond acceptors (Lipinski definition) is 7. The molecular formula is C21H22N4O3S. The van der Waals surface area contributed by atoms with Crippen LogP contribution in [0, 0.1) is 13.8 Å². The number of anilines is 2. The first kappa shape index (κ1) is 18.2. The number of carbonyl (C=O) groups is 1. The van der Waals surface area contributed by atoms with Crippen molar-refractivity contribution >= 4 is 39.0 Å². The normalized spacial score (nSPS) is 15.7. The Hall–Kier alpha value is -2.87. The summed E-state index contributed by atoms with van der Waals surface area (Å²) in [5.41, 5.74) is 1.61. The zero-order valence-corrected chi connectivity index (χ0v) is 17.3. The number of amides is 1. The van der Waals surface area contributed by atoms with E-state index in [1.807, 2.05) is 19.9 Å². The number of benzene rings is 1. The topological polar surface area (TPSA) is 76.6 Å². The third-order valence-corrected chi connectivity index (χ3v) is 6.56. The number of rotatable bonds is 3. The molecule has 7 nitrogen and oxygen atoms in total. The van der Waals surface area contributed by atoms with Crippen LogP contribution >= 0.6 is 11.3 Å². The van der Waals surface area contributed by atoms with Gasteiger partial charge in [0.2, 0.25) is 6.79 Å². The Kier molecular flexibility index (Phi) is 4.50. The van der Waals surface area contributed by atoms with Crippen LogP contribution in [0.5, 0.6) is 11.5 Å². The molecule has 0 radical (unpaired) electrons. The van der Waals surface area contributed by atoms with Crippen LogP contribution in [0.25, 0.3) is 10.2 Å².